The number of carbonyl (C=O) groups is 1. The second-order valence-corrected chi connectivity index (χ2v) is 5.72. The highest BCUT2D eigenvalue weighted by atomic mass is 16.2. The Kier molecular flexibility index (Phi) is 4.62. The Morgan fingerprint density at radius 3 is 2.89 bits per heavy atom. The molecule has 4 atom stereocenters. The van der Waals surface area contributed by atoms with Gasteiger partial charge in [-0.3, -0.25) is 9.69 Å². The third-order valence-corrected chi connectivity index (χ3v) is 4.60. The van der Waals surface area contributed by atoms with Crippen molar-refractivity contribution in [3.05, 3.63) is 0 Å². The van der Waals surface area contributed by atoms with Crippen LogP contribution in [0.4, 0.5) is 0 Å². The first-order valence-electron chi connectivity index (χ1n) is 7.43. The van der Waals surface area contributed by atoms with Gasteiger partial charge in [0.15, 0.2) is 0 Å². The molecule has 0 spiro atoms. The van der Waals surface area contributed by atoms with Gasteiger partial charge in [-0.25, -0.2) is 0 Å². The van der Waals surface area contributed by atoms with Crippen LogP contribution in [0.3, 0.4) is 0 Å². The summed E-state index contributed by atoms with van der Waals surface area (Å²) in [5.74, 6) is 1.69. The molecular weight excluding hydrogens is 226 g/mol. The minimum atomic E-state index is 0.0205. The van der Waals surface area contributed by atoms with E-state index in [1.807, 2.05) is 0 Å². The number of fused-ring (bicyclic) bond motifs is 1. The van der Waals surface area contributed by atoms with Crippen molar-refractivity contribution in [3.63, 3.8) is 0 Å². The van der Waals surface area contributed by atoms with Gasteiger partial charge in [-0.2, -0.15) is 0 Å². The molecule has 1 amide bonds. The van der Waals surface area contributed by atoms with Crippen molar-refractivity contribution in [1.29, 1.82) is 0 Å². The van der Waals surface area contributed by atoms with Crippen molar-refractivity contribution in [2.24, 2.45) is 11.8 Å². The quantitative estimate of drug-likeness (QED) is 0.763. The number of nitrogens with one attached hydrogen (secondary N) is 2. The minimum absolute atomic E-state index is 0.0205. The van der Waals surface area contributed by atoms with Crippen LogP contribution >= 0.6 is 0 Å². The van der Waals surface area contributed by atoms with Crippen molar-refractivity contribution in [2.75, 3.05) is 26.2 Å². The SMILES string of the molecule is CCCNC(=O)C(C)N1CC2CNCC2C1CC. The molecule has 104 valence electrons. The molecule has 2 aliphatic heterocycles. The lowest BCUT2D eigenvalue weighted by atomic mass is 9.92. The fraction of sp³-hybridized carbons (Fsp3) is 0.929. The summed E-state index contributed by atoms with van der Waals surface area (Å²) in [6, 6.07) is 0.597. The number of amides is 1. The lowest BCUT2D eigenvalue weighted by Crippen LogP contribution is -2.49. The normalized spacial score (nSPS) is 33.4. The highest BCUT2D eigenvalue weighted by Crippen LogP contribution is 2.35. The molecule has 2 aliphatic rings. The number of hydrogen-bond acceptors (Lipinski definition) is 3. The molecule has 0 radical (unpaired) electrons. The Labute approximate surface area is 110 Å². The molecule has 4 nitrogen and oxygen atoms in total. The molecular formula is C14H27N3O. The van der Waals surface area contributed by atoms with E-state index >= 15 is 0 Å². The predicted octanol–water partition coefficient (Wildman–Crippen LogP) is 0.831. The molecule has 0 aliphatic carbocycles. The zero-order chi connectivity index (χ0) is 13.1. The maximum absolute atomic E-state index is 12.1. The van der Waals surface area contributed by atoms with Gasteiger partial charge in [0.2, 0.25) is 5.91 Å². The fourth-order valence-corrected chi connectivity index (χ4v) is 3.58. The summed E-state index contributed by atoms with van der Waals surface area (Å²) in [5.41, 5.74) is 0. The van der Waals surface area contributed by atoms with Gasteiger partial charge >= 0.3 is 0 Å². The van der Waals surface area contributed by atoms with Gasteiger partial charge in [-0.1, -0.05) is 13.8 Å². The van der Waals surface area contributed by atoms with E-state index in [-0.39, 0.29) is 11.9 Å². The molecule has 4 heteroatoms. The zero-order valence-electron chi connectivity index (χ0n) is 11.9. The average Bonchev–Trinajstić information content (AvgIpc) is 2.94. The van der Waals surface area contributed by atoms with E-state index < -0.39 is 0 Å². The highest BCUT2D eigenvalue weighted by molar-refractivity contribution is 5.81. The summed E-state index contributed by atoms with van der Waals surface area (Å²) in [7, 11) is 0. The summed E-state index contributed by atoms with van der Waals surface area (Å²) in [6.07, 6.45) is 2.15. The number of likely N-dealkylation sites (tertiary alicyclic amines) is 1. The molecule has 18 heavy (non-hydrogen) atoms. The van der Waals surface area contributed by atoms with Gasteiger partial charge in [-0.15, -0.1) is 0 Å². The molecule has 0 aromatic carbocycles. The van der Waals surface area contributed by atoms with E-state index in [1.165, 1.54) is 0 Å². The van der Waals surface area contributed by atoms with E-state index in [0.717, 1.165) is 50.9 Å². The summed E-state index contributed by atoms with van der Waals surface area (Å²) < 4.78 is 0. The topological polar surface area (TPSA) is 44.4 Å². The van der Waals surface area contributed by atoms with Crippen LogP contribution in [0.1, 0.15) is 33.6 Å². The number of rotatable bonds is 5. The lowest BCUT2D eigenvalue weighted by Gasteiger charge is -2.31. The molecule has 0 bridgehead atoms. The average molecular weight is 253 g/mol. The van der Waals surface area contributed by atoms with Crippen LogP contribution in [0, 0.1) is 11.8 Å². The van der Waals surface area contributed by atoms with Crippen LogP contribution in [-0.4, -0.2) is 49.1 Å². The maximum Gasteiger partial charge on any atom is 0.237 e. The number of carbonyl (C=O) groups excluding carboxylic acids is 1. The van der Waals surface area contributed by atoms with Gasteiger partial charge < -0.3 is 10.6 Å². The molecule has 2 heterocycles. The van der Waals surface area contributed by atoms with Crippen LogP contribution in [0.15, 0.2) is 0 Å². The van der Waals surface area contributed by atoms with Crippen molar-refractivity contribution in [1.82, 2.24) is 15.5 Å². The predicted molar refractivity (Wildman–Crippen MR) is 73.4 cm³/mol. The van der Waals surface area contributed by atoms with E-state index in [1.54, 1.807) is 0 Å². The first-order chi connectivity index (χ1) is 8.69. The molecule has 2 N–H and O–H groups in total. The smallest absolute Gasteiger partial charge is 0.237 e. The Hall–Kier alpha value is -0.610. The zero-order valence-corrected chi connectivity index (χ0v) is 11.9. The first kappa shape index (κ1) is 13.8. The molecule has 2 rings (SSSR count). The van der Waals surface area contributed by atoms with Crippen molar-refractivity contribution < 1.29 is 4.79 Å². The monoisotopic (exact) mass is 253 g/mol. The first-order valence-corrected chi connectivity index (χ1v) is 7.43. The van der Waals surface area contributed by atoms with E-state index in [9.17, 15) is 4.79 Å². The molecule has 2 saturated heterocycles. The second-order valence-electron chi connectivity index (χ2n) is 5.72. The second kappa shape index (κ2) is 6.02. The number of nitrogens with zero attached hydrogens (tertiary/aromatic N) is 1. The van der Waals surface area contributed by atoms with E-state index in [4.69, 9.17) is 0 Å². The Balaban J connectivity index is 1.97. The van der Waals surface area contributed by atoms with E-state index in [0.29, 0.717) is 6.04 Å². The summed E-state index contributed by atoms with van der Waals surface area (Å²) >= 11 is 0. The standard InChI is InChI=1S/C14H27N3O/c1-4-6-16-14(18)10(3)17-9-11-7-15-8-12(11)13(17)5-2/h10-13,15H,4-9H2,1-3H3,(H,16,18). The van der Waals surface area contributed by atoms with Gasteiger partial charge in [0.05, 0.1) is 6.04 Å². The largest absolute Gasteiger partial charge is 0.355 e. The van der Waals surface area contributed by atoms with Crippen molar-refractivity contribution >= 4 is 5.91 Å². The number of hydrogen-bond donors (Lipinski definition) is 2. The van der Waals surface area contributed by atoms with Crippen LogP contribution in [0.2, 0.25) is 0 Å². The third-order valence-electron chi connectivity index (χ3n) is 4.60. The third kappa shape index (κ3) is 2.54. The summed E-state index contributed by atoms with van der Waals surface area (Å²) in [5, 5.41) is 6.51. The minimum Gasteiger partial charge on any atom is -0.355 e. The van der Waals surface area contributed by atoms with Gasteiger partial charge in [0, 0.05) is 19.1 Å². The Bertz CT molecular complexity index is 295. The van der Waals surface area contributed by atoms with Gasteiger partial charge in [0.1, 0.15) is 0 Å². The van der Waals surface area contributed by atoms with Crippen molar-refractivity contribution in [3.8, 4) is 0 Å². The molecule has 0 aromatic rings. The lowest BCUT2D eigenvalue weighted by molar-refractivity contribution is -0.126. The maximum atomic E-state index is 12.1. The molecule has 0 saturated carbocycles. The summed E-state index contributed by atoms with van der Waals surface area (Å²) in [4.78, 5) is 14.5. The highest BCUT2D eigenvalue weighted by Gasteiger charge is 2.45. The molecule has 0 aromatic heterocycles. The Morgan fingerprint density at radius 1 is 1.44 bits per heavy atom. The fourth-order valence-electron chi connectivity index (χ4n) is 3.58. The van der Waals surface area contributed by atoms with Gasteiger partial charge in [0.25, 0.3) is 0 Å². The van der Waals surface area contributed by atoms with Crippen LogP contribution in [-0.2, 0) is 4.79 Å². The van der Waals surface area contributed by atoms with Crippen molar-refractivity contribution in [2.45, 2.75) is 45.7 Å². The van der Waals surface area contributed by atoms with Crippen LogP contribution in [0.25, 0.3) is 0 Å². The Morgan fingerprint density at radius 2 is 2.22 bits per heavy atom. The van der Waals surface area contributed by atoms with Gasteiger partial charge in [-0.05, 0) is 44.7 Å². The van der Waals surface area contributed by atoms with Crippen LogP contribution in [0.5, 0.6) is 0 Å². The van der Waals surface area contributed by atoms with E-state index in [2.05, 4.69) is 36.3 Å². The molecule has 4 unspecified atom stereocenters. The molecule has 2 fully saturated rings. The summed E-state index contributed by atoms with van der Waals surface area (Å²) in [6.45, 7) is 10.5. The van der Waals surface area contributed by atoms with Crippen LogP contribution < -0.4 is 10.6 Å².